The molecule has 120 valence electrons. The van der Waals surface area contributed by atoms with Gasteiger partial charge in [0.25, 0.3) is 0 Å². The van der Waals surface area contributed by atoms with Crippen LogP contribution in [0, 0.1) is 5.92 Å². The summed E-state index contributed by atoms with van der Waals surface area (Å²) in [5, 5.41) is 2.96. The van der Waals surface area contributed by atoms with Crippen LogP contribution in [0.5, 0.6) is 11.5 Å². The van der Waals surface area contributed by atoms with Crippen molar-refractivity contribution in [1.82, 2.24) is 0 Å². The third-order valence-electron chi connectivity index (χ3n) is 4.57. The van der Waals surface area contributed by atoms with Crippen LogP contribution < -0.4 is 14.8 Å². The molecule has 1 amide bonds. The summed E-state index contributed by atoms with van der Waals surface area (Å²) in [5.41, 5.74) is 0.784. The van der Waals surface area contributed by atoms with Crippen LogP contribution in [0.15, 0.2) is 18.2 Å². The van der Waals surface area contributed by atoms with Crippen molar-refractivity contribution in [2.24, 2.45) is 5.92 Å². The Bertz CT molecular complexity index is 509. The van der Waals surface area contributed by atoms with E-state index < -0.39 is 0 Å². The maximum Gasteiger partial charge on any atom is 0.224 e. The van der Waals surface area contributed by atoms with Crippen molar-refractivity contribution < 1.29 is 14.3 Å². The average Bonchev–Trinajstić information content (AvgIpc) is 2.56. The summed E-state index contributed by atoms with van der Waals surface area (Å²) < 4.78 is 11.0. The van der Waals surface area contributed by atoms with Crippen LogP contribution in [0.1, 0.15) is 51.4 Å². The minimum Gasteiger partial charge on any atom is -0.486 e. The number of fused-ring (bicyclic) bond motifs is 1. The van der Waals surface area contributed by atoms with Crippen LogP contribution in [0.4, 0.5) is 5.69 Å². The van der Waals surface area contributed by atoms with Crippen LogP contribution in [0.3, 0.4) is 0 Å². The zero-order valence-electron chi connectivity index (χ0n) is 13.1. The molecule has 1 aromatic rings. The van der Waals surface area contributed by atoms with Crippen LogP contribution in [-0.2, 0) is 4.79 Å². The van der Waals surface area contributed by atoms with Crippen molar-refractivity contribution in [2.45, 2.75) is 51.4 Å². The van der Waals surface area contributed by atoms with Gasteiger partial charge in [-0.3, -0.25) is 4.79 Å². The molecule has 0 saturated heterocycles. The fourth-order valence-electron chi connectivity index (χ4n) is 3.37. The van der Waals surface area contributed by atoms with E-state index in [-0.39, 0.29) is 5.91 Å². The topological polar surface area (TPSA) is 47.6 Å². The van der Waals surface area contributed by atoms with Gasteiger partial charge in [0.15, 0.2) is 11.5 Å². The van der Waals surface area contributed by atoms with Gasteiger partial charge in [0.2, 0.25) is 5.91 Å². The molecular formula is C18H25NO3. The van der Waals surface area contributed by atoms with E-state index in [0.29, 0.717) is 25.4 Å². The van der Waals surface area contributed by atoms with E-state index in [2.05, 4.69) is 5.32 Å². The highest BCUT2D eigenvalue weighted by atomic mass is 16.6. The molecule has 4 nitrogen and oxygen atoms in total. The molecule has 1 aromatic carbocycles. The van der Waals surface area contributed by atoms with E-state index in [0.717, 1.165) is 23.8 Å². The zero-order chi connectivity index (χ0) is 15.2. The summed E-state index contributed by atoms with van der Waals surface area (Å²) in [5.74, 6) is 2.40. The van der Waals surface area contributed by atoms with Crippen LogP contribution in [-0.4, -0.2) is 19.1 Å². The highest BCUT2D eigenvalue weighted by Crippen LogP contribution is 2.32. The number of rotatable bonds is 5. The Morgan fingerprint density at radius 3 is 2.68 bits per heavy atom. The van der Waals surface area contributed by atoms with Gasteiger partial charge in [-0.2, -0.15) is 0 Å². The molecule has 0 aromatic heterocycles. The van der Waals surface area contributed by atoms with Crippen LogP contribution >= 0.6 is 0 Å². The molecule has 0 bridgehead atoms. The van der Waals surface area contributed by atoms with Gasteiger partial charge in [0.1, 0.15) is 13.2 Å². The fourth-order valence-corrected chi connectivity index (χ4v) is 3.37. The lowest BCUT2D eigenvalue weighted by Crippen LogP contribution is -2.16. The monoisotopic (exact) mass is 303 g/mol. The van der Waals surface area contributed by atoms with Crippen molar-refractivity contribution in [3.63, 3.8) is 0 Å². The van der Waals surface area contributed by atoms with E-state index in [1.807, 2.05) is 18.2 Å². The second-order valence-electron chi connectivity index (χ2n) is 6.30. The summed E-state index contributed by atoms with van der Waals surface area (Å²) in [4.78, 5) is 12.0. The molecule has 0 radical (unpaired) electrons. The van der Waals surface area contributed by atoms with E-state index in [4.69, 9.17) is 9.47 Å². The number of hydrogen-bond acceptors (Lipinski definition) is 3. The van der Waals surface area contributed by atoms with Crippen molar-refractivity contribution in [3.05, 3.63) is 18.2 Å². The lowest BCUT2D eigenvalue weighted by atomic mass is 9.86. The Hall–Kier alpha value is -1.71. The lowest BCUT2D eigenvalue weighted by molar-refractivity contribution is -0.116. The van der Waals surface area contributed by atoms with E-state index in [1.165, 1.54) is 38.5 Å². The van der Waals surface area contributed by atoms with E-state index in [9.17, 15) is 4.79 Å². The summed E-state index contributed by atoms with van der Waals surface area (Å²) in [7, 11) is 0. The Morgan fingerprint density at radius 2 is 1.86 bits per heavy atom. The molecule has 0 unspecified atom stereocenters. The number of benzene rings is 1. The van der Waals surface area contributed by atoms with Gasteiger partial charge in [-0.05, 0) is 30.9 Å². The molecule has 1 fully saturated rings. The minimum atomic E-state index is 0.0903. The van der Waals surface area contributed by atoms with Gasteiger partial charge < -0.3 is 14.8 Å². The maximum atomic E-state index is 12.0. The Morgan fingerprint density at radius 1 is 1.09 bits per heavy atom. The number of hydrogen-bond donors (Lipinski definition) is 1. The van der Waals surface area contributed by atoms with E-state index in [1.54, 1.807) is 0 Å². The normalized spacial score (nSPS) is 18.0. The first-order valence-electron chi connectivity index (χ1n) is 8.51. The number of amides is 1. The van der Waals surface area contributed by atoms with Gasteiger partial charge >= 0.3 is 0 Å². The standard InChI is InChI=1S/C18H25NO3/c20-18(8-4-7-14-5-2-1-3-6-14)19-15-9-10-16-17(13-15)22-12-11-21-16/h9-10,13-14H,1-8,11-12H2,(H,19,20). The van der Waals surface area contributed by atoms with Crippen LogP contribution in [0.25, 0.3) is 0 Å². The molecule has 1 saturated carbocycles. The van der Waals surface area contributed by atoms with Crippen molar-refractivity contribution in [2.75, 3.05) is 18.5 Å². The molecule has 3 rings (SSSR count). The number of carbonyl (C=O) groups excluding carboxylic acids is 1. The molecule has 2 aliphatic rings. The largest absolute Gasteiger partial charge is 0.486 e. The molecule has 22 heavy (non-hydrogen) atoms. The molecule has 1 heterocycles. The lowest BCUT2D eigenvalue weighted by Gasteiger charge is -2.21. The van der Waals surface area contributed by atoms with Gasteiger partial charge in [0.05, 0.1) is 0 Å². The molecule has 4 heteroatoms. The number of nitrogens with one attached hydrogen (secondary N) is 1. The fraction of sp³-hybridized carbons (Fsp3) is 0.611. The molecular weight excluding hydrogens is 278 g/mol. The molecule has 1 N–H and O–H groups in total. The Balaban J connectivity index is 1.43. The Kier molecular flexibility index (Phi) is 5.20. The molecule has 0 atom stereocenters. The SMILES string of the molecule is O=C(CCCC1CCCCC1)Nc1ccc2c(c1)OCCO2. The Labute approximate surface area is 132 Å². The molecule has 1 aliphatic heterocycles. The predicted octanol–water partition coefficient (Wildman–Crippen LogP) is 4.15. The third kappa shape index (κ3) is 4.15. The van der Waals surface area contributed by atoms with Crippen molar-refractivity contribution in [3.8, 4) is 11.5 Å². The summed E-state index contributed by atoms with van der Waals surface area (Å²) >= 11 is 0. The number of anilines is 1. The van der Waals surface area contributed by atoms with E-state index >= 15 is 0 Å². The zero-order valence-corrected chi connectivity index (χ0v) is 13.1. The highest BCUT2D eigenvalue weighted by molar-refractivity contribution is 5.91. The average molecular weight is 303 g/mol. The minimum absolute atomic E-state index is 0.0903. The van der Waals surface area contributed by atoms with Crippen molar-refractivity contribution in [1.29, 1.82) is 0 Å². The molecule has 1 aliphatic carbocycles. The summed E-state index contributed by atoms with van der Waals surface area (Å²) in [6.07, 6.45) is 9.61. The number of ether oxygens (including phenoxy) is 2. The molecule has 0 spiro atoms. The van der Waals surface area contributed by atoms with Gasteiger partial charge in [-0.25, -0.2) is 0 Å². The summed E-state index contributed by atoms with van der Waals surface area (Å²) in [6.45, 7) is 1.14. The predicted molar refractivity (Wildman–Crippen MR) is 86.5 cm³/mol. The van der Waals surface area contributed by atoms with Gasteiger partial charge in [0, 0.05) is 18.2 Å². The second kappa shape index (κ2) is 7.52. The quantitative estimate of drug-likeness (QED) is 0.889. The maximum absolute atomic E-state index is 12.0. The third-order valence-corrected chi connectivity index (χ3v) is 4.57. The number of carbonyl (C=O) groups is 1. The first kappa shape index (κ1) is 15.2. The van der Waals surface area contributed by atoms with Gasteiger partial charge in [-0.15, -0.1) is 0 Å². The van der Waals surface area contributed by atoms with Gasteiger partial charge in [-0.1, -0.05) is 32.1 Å². The smallest absolute Gasteiger partial charge is 0.224 e. The first-order valence-corrected chi connectivity index (χ1v) is 8.51. The highest BCUT2D eigenvalue weighted by Gasteiger charge is 2.15. The summed E-state index contributed by atoms with van der Waals surface area (Å²) in [6, 6.07) is 5.56. The second-order valence-corrected chi connectivity index (χ2v) is 6.30. The van der Waals surface area contributed by atoms with Crippen LogP contribution in [0.2, 0.25) is 0 Å². The van der Waals surface area contributed by atoms with Crippen molar-refractivity contribution >= 4 is 11.6 Å². The first-order chi connectivity index (χ1) is 10.8.